The van der Waals surface area contributed by atoms with E-state index in [1.807, 2.05) is 4.40 Å². The molecule has 1 unspecified atom stereocenters. The number of fused-ring (bicyclic) bond motifs is 1. The summed E-state index contributed by atoms with van der Waals surface area (Å²) in [5, 5.41) is 11.0. The van der Waals surface area contributed by atoms with E-state index in [2.05, 4.69) is 24.2 Å². The Kier molecular flexibility index (Phi) is 4.01. The van der Waals surface area contributed by atoms with E-state index in [9.17, 15) is 4.79 Å². The summed E-state index contributed by atoms with van der Waals surface area (Å²) in [5.41, 5.74) is 1.30. The molecule has 2 aromatic heterocycles. The number of thiazole rings is 1. The highest BCUT2D eigenvalue weighted by Gasteiger charge is 2.15. The third-order valence-corrected chi connectivity index (χ3v) is 4.06. The first-order chi connectivity index (χ1) is 8.63. The van der Waals surface area contributed by atoms with Gasteiger partial charge in [-0.3, -0.25) is 4.40 Å². The number of nitrogens with zero attached hydrogens (tertiary/aromatic N) is 2. The van der Waals surface area contributed by atoms with E-state index in [0.717, 1.165) is 11.4 Å². The molecule has 1 N–H and O–H groups in total. The predicted octanol–water partition coefficient (Wildman–Crippen LogP) is 3.78. The highest BCUT2D eigenvalue weighted by Crippen LogP contribution is 2.27. The van der Waals surface area contributed by atoms with Crippen LogP contribution in [0.3, 0.4) is 0 Å². The first-order valence-corrected chi connectivity index (χ1v) is 7.21. The SMILES string of the molecule is CCCCCC(C)c1csc2nc(C(=O)O)cn12. The molecule has 0 amide bonds. The maximum absolute atomic E-state index is 10.9. The summed E-state index contributed by atoms with van der Waals surface area (Å²) in [7, 11) is 0. The monoisotopic (exact) mass is 266 g/mol. The smallest absolute Gasteiger partial charge is 0.356 e. The van der Waals surface area contributed by atoms with Gasteiger partial charge in [-0.2, -0.15) is 0 Å². The maximum atomic E-state index is 10.9. The second kappa shape index (κ2) is 5.52. The van der Waals surface area contributed by atoms with Crippen LogP contribution in [0.2, 0.25) is 0 Å². The second-order valence-corrected chi connectivity index (χ2v) is 5.48. The topological polar surface area (TPSA) is 54.6 Å². The average Bonchev–Trinajstić information content (AvgIpc) is 2.87. The first-order valence-electron chi connectivity index (χ1n) is 6.33. The van der Waals surface area contributed by atoms with Gasteiger partial charge in [0.25, 0.3) is 0 Å². The lowest BCUT2D eigenvalue weighted by Crippen LogP contribution is -1.98. The van der Waals surface area contributed by atoms with Crippen molar-refractivity contribution in [1.29, 1.82) is 0 Å². The lowest BCUT2D eigenvalue weighted by molar-refractivity contribution is 0.0691. The van der Waals surface area contributed by atoms with E-state index in [0.29, 0.717) is 5.92 Å². The molecular formula is C13H18N2O2S. The normalized spacial score (nSPS) is 13.0. The molecule has 0 radical (unpaired) electrons. The fraction of sp³-hybridized carbons (Fsp3) is 0.538. The zero-order chi connectivity index (χ0) is 13.1. The molecule has 1 atom stereocenters. The van der Waals surface area contributed by atoms with Gasteiger partial charge in [-0.15, -0.1) is 11.3 Å². The van der Waals surface area contributed by atoms with Crippen molar-refractivity contribution in [2.24, 2.45) is 0 Å². The highest BCUT2D eigenvalue weighted by molar-refractivity contribution is 7.15. The Morgan fingerprint density at radius 2 is 2.33 bits per heavy atom. The van der Waals surface area contributed by atoms with Crippen molar-refractivity contribution in [2.45, 2.75) is 45.4 Å². The van der Waals surface area contributed by atoms with E-state index in [-0.39, 0.29) is 5.69 Å². The highest BCUT2D eigenvalue weighted by atomic mass is 32.1. The molecule has 0 aromatic carbocycles. The van der Waals surface area contributed by atoms with E-state index in [1.54, 1.807) is 6.20 Å². The van der Waals surface area contributed by atoms with Gasteiger partial charge in [0.15, 0.2) is 10.7 Å². The van der Waals surface area contributed by atoms with Crippen LogP contribution in [-0.2, 0) is 0 Å². The van der Waals surface area contributed by atoms with E-state index in [1.165, 1.54) is 36.3 Å². The molecule has 5 heteroatoms. The molecule has 0 saturated carbocycles. The number of hydrogen-bond acceptors (Lipinski definition) is 3. The Hall–Kier alpha value is -1.36. The number of carbonyl (C=O) groups is 1. The summed E-state index contributed by atoms with van der Waals surface area (Å²) in [6, 6.07) is 0. The molecule has 0 bridgehead atoms. The number of hydrogen-bond donors (Lipinski definition) is 1. The van der Waals surface area contributed by atoms with Crippen LogP contribution in [0.4, 0.5) is 0 Å². The van der Waals surface area contributed by atoms with Gasteiger partial charge in [0, 0.05) is 17.3 Å². The summed E-state index contributed by atoms with van der Waals surface area (Å²) in [6.45, 7) is 4.39. The molecule has 18 heavy (non-hydrogen) atoms. The van der Waals surface area contributed by atoms with Crippen LogP contribution >= 0.6 is 11.3 Å². The number of imidazole rings is 1. The van der Waals surface area contributed by atoms with Gasteiger partial charge < -0.3 is 5.11 Å². The van der Waals surface area contributed by atoms with Crippen LogP contribution in [0.1, 0.15) is 61.6 Å². The largest absolute Gasteiger partial charge is 0.476 e. The van der Waals surface area contributed by atoms with Gasteiger partial charge in [-0.1, -0.05) is 33.1 Å². The van der Waals surface area contributed by atoms with Crippen LogP contribution in [0.5, 0.6) is 0 Å². The number of aromatic nitrogens is 2. The number of carboxylic acids is 1. The number of rotatable bonds is 6. The molecule has 0 aliphatic rings. The zero-order valence-electron chi connectivity index (χ0n) is 10.7. The summed E-state index contributed by atoms with van der Waals surface area (Å²) in [6.07, 6.45) is 6.46. The Bertz CT molecular complexity index is 544. The van der Waals surface area contributed by atoms with Gasteiger partial charge >= 0.3 is 5.97 Å². The predicted molar refractivity (Wildman–Crippen MR) is 72.6 cm³/mol. The fourth-order valence-electron chi connectivity index (χ4n) is 2.11. The summed E-state index contributed by atoms with van der Waals surface area (Å²) >= 11 is 1.51. The van der Waals surface area contributed by atoms with Crippen LogP contribution in [-0.4, -0.2) is 20.5 Å². The van der Waals surface area contributed by atoms with Crippen molar-refractivity contribution >= 4 is 22.3 Å². The Balaban J connectivity index is 2.19. The first kappa shape index (κ1) is 13.1. The maximum Gasteiger partial charge on any atom is 0.356 e. The average molecular weight is 266 g/mol. The number of aromatic carboxylic acids is 1. The number of carboxylic acid groups (broad SMARTS) is 1. The van der Waals surface area contributed by atoms with E-state index < -0.39 is 5.97 Å². The molecule has 2 aromatic rings. The molecule has 0 aliphatic heterocycles. The van der Waals surface area contributed by atoms with E-state index in [4.69, 9.17) is 5.11 Å². The molecular weight excluding hydrogens is 248 g/mol. The van der Waals surface area contributed by atoms with Crippen molar-refractivity contribution in [3.63, 3.8) is 0 Å². The minimum absolute atomic E-state index is 0.129. The lowest BCUT2D eigenvalue weighted by atomic mass is 10.0. The summed E-state index contributed by atoms with van der Waals surface area (Å²) in [4.78, 5) is 15.8. The molecule has 2 rings (SSSR count). The standard InChI is InChI=1S/C13H18N2O2S/c1-3-4-5-6-9(2)11-8-18-13-14-10(12(16)17)7-15(11)13/h7-9H,3-6H2,1-2H3,(H,16,17). The van der Waals surface area contributed by atoms with Crippen molar-refractivity contribution in [1.82, 2.24) is 9.38 Å². The van der Waals surface area contributed by atoms with Crippen molar-refractivity contribution in [3.05, 3.63) is 23.0 Å². The van der Waals surface area contributed by atoms with Crippen molar-refractivity contribution in [3.8, 4) is 0 Å². The van der Waals surface area contributed by atoms with Crippen LogP contribution in [0.25, 0.3) is 4.96 Å². The molecule has 2 heterocycles. The van der Waals surface area contributed by atoms with Crippen LogP contribution in [0, 0.1) is 0 Å². The van der Waals surface area contributed by atoms with Crippen LogP contribution < -0.4 is 0 Å². The van der Waals surface area contributed by atoms with Gasteiger partial charge in [0.05, 0.1) is 0 Å². The van der Waals surface area contributed by atoms with Gasteiger partial charge in [0.2, 0.25) is 0 Å². The Morgan fingerprint density at radius 1 is 1.56 bits per heavy atom. The molecule has 0 fully saturated rings. The molecule has 0 saturated heterocycles. The van der Waals surface area contributed by atoms with Gasteiger partial charge in [-0.25, -0.2) is 9.78 Å². The van der Waals surface area contributed by atoms with Gasteiger partial charge in [0.1, 0.15) is 0 Å². The van der Waals surface area contributed by atoms with Gasteiger partial charge in [-0.05, 0) is 12.3 Å². The van der Waals surface area contributed by atoms with E-state index >= 15 is 0 Å². The Morgan fingerprint density at radius 3 is 3.00 bits per heavy atom. The minimum atomic E-state index is -0.963. The van der Waals surface area contributed by atoms with Crippen molar-refractivity contribution < 1.29 is 9.90 Å². The third kappa shape index (κ3) is 2.56. The van der Waals surface area contributed by atoms with Crippen LogP contribution in [0.15, 0.2) is 11.6 Å². The minimum Gasteiger partial charge on any atom is -0.476 e. The molecule has 98 valence electrons. The third-order valence-electron chi connectivity index (χ3n) is 3.20. The summed E-state index contributed by atoms with van der Waals surface area (Å²) in [5.74, 6) is -0.517. The lowest BCUT2D eigenvalue weighted by Gasteiger charge is -2.09. The van der Waals surface area contributed by atoms with Crippen molar-refractivity contribution in [2.75, 3.05) is 0 Å². The molecule has 0 spiro atoms. The quantitative estimate of drug-likeness (QED) is 0.809. The zero-order valence-corrected chi connectivity index (χ0v) is 11.5. The molecule has 4 nitrogen and oxygen atoms in total. The summed E-state index contributed by atoms with van der Waals surface area (Å²) < 4.78 is 1.92. The molecule has 0 aliphatic carbocycles. The number of unbranched alkanes of at least 4 members (excludes halogenated alkanes) is 2. The fourth-order valence-corrected chi connectivity index (χ4v) is 3.10. The second-order valence-electron chi connectivity index (χ2n) is 4.64. The Labute approximate surface area is 110 Å².